The predicted molar refractivity (Wildman–Crippen MR) is 79.7 cm³/mol. The molecule has 2 N–H and O–H groups in total. The van der Waals surface area contributed by atoms with Crippen molar-refractivity contribution in [1.29, 1.82) is 0 Å². The van der Waals surface area contributed by atoms with E-state index < -0.39 is 0 Å². The number of hydrogen-bond acceptors (Lipinski definition) is 2. The first-order chi connectivity index (χ1) is 8.58. The first kappa shape index (κ1) is 13.6. The molecular formula is C14H18INO2. The average Bonchev–Trinajstić information content (AvgIpc) is 2.86. The number of halogens is 1. The minimum Gasteiger partial charge on any atom is -0.507 e. The Bertz CT molecular complexity index is 441. The summed E-state index contributed by atoms with van der Waals surface area (Å²) < 4.78 is 0.757. The summed E-state index contributed by atoms with van der Waals surface area (Å²) in [4.78, 5) is 12.1. The van der Waals surface area contributed by atoms with E-state index in [4.69, 9.17) is 0 Å². The van der Waals surface area contributed by atoms with Gasteiger partial charge < -0.3 is 10.4 Å². The third-order valence-corrected chi connectivity index (χ3v) is 4.59. The molecule has 1 aliphatic rings. The molecule has 1 atom stereocenters. The van der Waals surface area contributed by atoms with Crippen molar-refractivity contribution >= 4 is 28.5 Å². The number of amides is 1. The number of phenolic OH excluding ortho intramolecular Hbond substituents is 1. The van der Waals surface area contributed by atoms with Crippen LogP contribution in [0.25, 0.3) is 0 Å². The van der Waals surface area contributed by atoms with Gasteiger partial charge in [-0.3, -0.25) is 4.79 Å². The van der Waals surface area contributed by atoms with Gasteiger partial charge in [-0.1, -0.05) is 12.8 Å². The van der Waals surface area contributed by atoms with Crippen LogP contribution in [-0.4, -0.2) is 17.1 Å². The van der Waals surface area contributed by atoms with Crippen LogP contribution in [0.15, 0.2) is 18.2 Å². The standard InChI is InChI=1S/C14H18INO2/c1-9(10-4-2-3-5-10)16-14(18)11-6-7-12(15)13(17)8-11/h6-10,17H,2-5H2,1H3,(H,16,18). The highest BCUT2D eigenvalue weighted by atomic mass is 127. The van der Waals surface area contributed by atoms with Crippen LogP contribution in [0.2, 0.25) is 0 Å². The molecule has 2 rings (SSSR count). The molecule has 1 amide bonds. The van der Waals surface area contributed by atoms with Gasteiger partial charge in [-0.2, -0.15) is 0 Å². The second-order valence-corrected chi connectivity index (χ2v) is 6.14. The molecule has 0 heterocycles. The quantitative estimate of drug-likeness (QED) is 0.814. The summed E-state index contributed by atoms with van der Waals surface area (Å²) in [6, 6.07) is 5.24. The molecule has 98 valence electrons. The van der Waals surface area contributed by atoms with E-state index in [0.717, 1.165) is 3.57 Å². The van der Waals surface area contributed by atoms with E-state index in [1.165, 1.54) is 31.7 Å². The van der Waals surface area contributed by atoms with Gasteiger partial charge in [0.15, 0.2) is 0 Å². The van der Waals surface area contributed by atoms with Crippen LogP contribution in [0.1, 0.15) is 43.0 Å². The van der Waals surface area contributed by atoms with Crippen molar-refractivity contribution in [2.24, 2.45) is 5.92 Å². The minimum atomic E-state index is -0.0962. The van der Waals surface area contributed by atoms with E-state index in [9.17, 15) is 9.90 Å². The SMILES string of the molecule is CC(NC(=O)c1ccc(I)c(O)c1)C1CCCC1. The van der Waals surface area contributed by atoms with Crippen molar-refractivity contribution in [1.82, 2.24) is 5.32 Å². The predicted octanol–water partition coefficient (Wildman–Crippen LogP) is 3.31. The number of aromatic hydroxyl groups is 1. The van der Waals surface area contributed by atoms with Crippen LogP contribution in [-0.2, 0) is 0 Å². The number of nitrogens with one attached hydrogen (secondary N) is 1. The van der Waals surface area contributed by atoms with Crippen molar-refractivity contribution in [2.75, 3.05) is 0 Å². The zero-order chi connectivity index (χ0) is 13.1. The second kappa shape index (κ2) is 5.91. The van der Waals surface area contributed by atoms with E-state index in [2.05, 4.69) is 12.2 Å². The summed E-state index contributed by atoms with van der Waals surface area (Å²) in [6.07, 6.45) is 4.96. The van der Waals surface area contributed by atoms with Gasteiger partial charge in [0, 0.05) is 11.6 Å². The molecule has 1 fully saturated rings. The van der Waals surface area contributed by atoms with Gasteiger partial charge in [-0.25, -0.2) is 0 Å². The fraction of sp³-hybridized carbons (Fsp3) is 0.500. The first-order valence-electron chi connectivity index (χ1n) is 6.37. The maximum Gasteiger partial charge on any atom is 0.251 e. The molecule has 0 aromatic heterocycles. The van der Waals surface area contributed by atoms with Crippen molar-refractivity contribution in [3.63, 3.8) is 0 Å². The first-order valence-corrected chi connectivity index (χ1v) is 7.45. The molecule has 0 spiro atoms. The van der Waals surface area contributed by atoms with Crippen LogP contribution >= 0.6 is 22.6 Å². The van der Waals surface area contributed by atoms with Crippen molar-refractivity contribution in [3.05, 3.63) is 27.3 Å². The van der Waals surface area contributed by atoms with Crippen LogP contribution < -0.4 is 5.32 Å². The van der Waals surface area contributed by atoms with Crippen LogP contribution in [0.5, 0.6) is 5.75 Å². The molecular weight excluding hydrogens is 341 g/mol. The molecule has 0 aliphatic heterocycles. The zero-order valence-corrected chi connectivity index (χ0v) is 12.6. The van der Waals surface area contributed by atoms with Crippen LogP contribution in [0.4, 0.5) is 0 Å². The average molecular weight is 359 g/mol. The third kappa shape index (κ3) is 3.16. The van der Waals surface area contributed by atoms with Crippen molar-refractivity contribution in [2.45, 2.75) is 38.6 Å². The Morgan fingerprint density at radius 2 is 2.11 bits per heavy atom. The molecule has 1 aromatic rings. The highest BCUT2D eigenvalue weighted by molar-refractivity contribution is 14.1. The lowest BCUT2D eigenvalue weighted by Gasteiger charge is -2.20. The zero-order valence-electron chi connectivity index (χ0n) is 10.4. The Hall–Kier alpha value is -0.780. The van der Waals surface area contributed by atoms with Gasteiger partial charge in [0.05, 0.1) is 3.57 Å². The lowest BCUT2D eigenvalue weighted by atomic mass is 9.99. The Morgan fingerprint density at radius 3 is 2.72 bits per heavy atom. The molecule has 1 aliphatic carbocycles. The summed E-state index contributed by atoms with van der Waals surface area (Å²) in [5.41, 5.74) is 0.526. The summed E-state index contributed by atoms with van der Waals surface area (Å²) in [6.45, 7) is 2.07. The van der Waals surface area contributed by atoms with Gasteiger partial charge in [0.25, 0.3) is 5.91 Å². The number of benzene rings is 1. The molecule has 18 heavy (non-hydrogen) atoms. The Morgan fingerprint density at radius 1 is 1.44 bits per heavy atom. The van der Waals surface area contributed by atoms with E-state index in [1.807, 2.05) is 22.6 Å². The summed E-state index contributed by atoms with van der Waals surface area (Å²) in [7, 11) is 0. The van der Waals surface area contributed by atoms with E-state index >= 15 is 0 Å². The molecule has 4 heteroatoms. The summed E-state index contributed by atoms with van der Waals surface area (Å²) in [5.74, 6) is 0.671. The van der Waals surface area contributed by atoms with Gasteiger partial charge in [-0.05, 0) is 66.5 Å². The van der Waals surface area contributed by atoms with E-state index in [0.29, 0.717) is 11.5 Å². The van der Waals surface area contributed by atoms with Gasteiger partial charge >= 0.3 is 0 Å². The molecule has 0 radical (unpaired) electrons. The molecule has 0 bridgehead atoms. The normalized spacial score (nSPS) is 17.7. The summed E-state index contributed by atoms with van der Waals surface area (Å²) >= 11 is 2.04. The highest BCUT2D eigenvalue weighted by Crippen LogP contribution is 2.28. The number of hydrogen-bond donors (Lipinski definition) is 2. The van der Waals surface area contributed by atoms with Crippen LogP contribution in [0.3, 0.4) is 0 Å². The molecule has 1 saturated carbocycles. The maximum absolute atomic E-state index is 12.1. The number of phenols is 1. The van der Waals surface area contributed by atoms with Gasteiger partial charge in [0.2, 0.25) is 0 Å². The smallest absolute Gasteiger partial charge is 0.251 e. The molecule has 0 saturated heterocycles. The van der Waals surface area contributed by atoms with E-state index in [1.54, 1.807) is 12.1 Å². The topological polar surface area (TPSA) is 49.3 Å². The van der Waals surface area contributed by atoms with Crippen molar-refractivity contribution in [3.8, 4) is 5.75 Å². The Kier molecular flexibility index (Phi) is 4.48. The third-order valence-electron chi connectivity index (χ3n) is 3.67. The number of carbonyl (C=O) groups is 1. The van der Waals surface area contributed by atoms with Gasteiger partial charge in [0.1, 0.15) is 5.75 Å². The second-order valence-electron chi connectivity index (χ2n) is 4.97. The number of rotatable bonds is 3. The number of carbonyl (C=O) groups excluding carboxylic acids is 1. The Balaban J connectivity index is 2.00. The lowest BCUT2D eigenvalue weighted by molar-refractivity contribution is 0.0927. The summed E-state index contributed by atoms with van der Waals surface area (Å²) in [5, 5.41) is 12.6. The fourth-order valence-corrected chi connectivity index (χ4v) is 2.85. The maximum atomic E-state index is 12.1. The lowest BCUT2D eigenvalue weighted by Crippen LogP contribution is -2.37. The van der Waals surface area contributed by atoms with Gasteiger partial charge in [-0.15, -0.1) is 0 Å². The fourth-order valence-electron chi connectivity index (χ4n) is 2.52. The molecule has 1 unspecified atom stereocenters. The largest absolute Gasteiger partial charge is 0.507 e. The minimum absolute atomic E-state index is 0.0962. The van der Waals surface area contributed by atoms with E-state index in [-0.39, 0.29) is 17.7 Å². The molecule has 1 aromatic carbocycles. The highest BCUT2D eigenvalue weighted by Gasteiger charge is 2.23. The monoisotopic (exact) mass is 359 g/mol. The molecule has 3 nitrogen and oxygen atoms in total. The van der Waals surface area contributed by atoms with Crippen LogP contribution in [0, 0.1) is 9.49 Å². The Labute approximate surface area is 121 Å². The van der Waals surface area contributed by atoms with Crippen molar-refractivity contribution < 1.29 is 9.90 Å².